The van der Waals surface area contributed by atoms with Crippen molar-refractivity contribution in [3.8, 4) is 11.3 Å². The second-order valence-electron chi connectivity index (χ2n) is 3.77. The Bertz CT molecular complexity index is 435. The molecule has 0 saturated heterocycles. The molecule has 0 aliphatic rings. The van der Waals surface area contributed by atoms with E-state index >= 15 is 0 Å². The van der Waals surface area contributed by atoms with Crippen LogP contribution in [0.4, 0.5) is 0 Å². The van der Waals surface area contributed by atoms with Crippen LogP contribution in [-0.2, 0) is 0 Å². The molecular weight excluding hydrogens is 184 g/mol. The smallest absolute Gasteiger partial charge is 0.116 e. The molecule has 75 valence electrons. The van der Waals surface area contributed by atoms with Crippen LogP contribution in [0.2, 0.25) is 0 Å². The average Bonchev–Trinajstić information content (AvgIpc) is 2.30. The van der Waals surface area contributed by atoms with Crippen molar-refractivity contribution in [1.82, 2.24) is 9.97 Å². The number of benzene rings is 1. The molecule has 0 aliphatic carbocycles. The van der Waals surface area contributed by atoms with Crippen LogP contribution in [0.25, 0.3) is 11.3 Å². The third-order valence-electron chi connectivity index (χ3n) is 2.39. The highest BCUT2D eigenvalue weighted by Gasteiger charge is 2.07. The summed E-state index contributed by atoms with van der Waals surface area (Å²) in [5.74, 6) is 0.496. The van der Waals surface area contributed by atoms with E-state index in [-0.39, 0.29) is 0 Å². The van der Waals surface area contributed by atoms with Crippen molar-refractivity contribution in [2.75, 3.05) is 0 Å². The molecule has 0 aliphatic heterocycles. The van der Waals surface area contributed by atoms with Crippen LogP contribution in [0.3, 0.4) is 0 Å². The zero-order chi connectivity index (χ0) is 10.7. The van der Waals surface area contributed by atoms with Gasteiger partial charge >= 0.3 is 0 Å². The average molecular weight is 197 g/mol. The highest BCUT2D eigenvalue weighted by molar-refractivity contribution is 5.63. The molecule has 2 nitrogen and oxygen atoms in total. The molecule has 1 aromatic heterocycles. The number of hydrogen-bond acceptors (Lipinski definition) is 2. The van der Waals surface area contributed by atoms with Gasteiger partial charge in [0.1, 0.15) is 6.33 Å². The van der Waals surface area contributed by atoms with Gasteiger partial charge in [-0.05, 0) is 17.5 Å². The summed E-state index contributed by atoms with van der Waals surface area (Å²) in [4.78, 5) is 8.06. The van der Waals surface area contributed by atoms with Crippen LogP contribution in [0.1, 0.15) is 25.3 Å². The van der Waals surface area contributed by atoms with Gasteiger partial charge in [-0.2, -0.15) is 0 Å². The quantitative estimate of drug-likeness (QED) is 0.739. The van der Waals surface area contributed by atoms with Gasteiger partial charge in [0.05, 0.1) is 11.9 Å². The molecule has 0 amide bonds. The van der Waals surface area contributed by atoms with Crippen LogP contribution < -0.4 is 0 Å². The number of rotatable bonds is 2. The zero-order valence-corrected chi connectivity index (χ0v) is 8.94. The molecule has 1 radical (unpaired) electrons. The standard InChI is InChI=1S/C13H13N2/c1-10(2)11-5-3-4-6-12(11)13-7-8-14-9-15-13/h3-7,9-10H,1-2H3. The van der Waals surface area contributed by atoms with Crippen molar-refractivity contribution < 1.29 is 0 Å². The molecule has 0 N–H and O–H groups in total. The van der Waals surface area contributed by atoms with Gasteiger partial charge < -0.3 is 0 Å². The van der Waals surface area contributed by atoms with Crippen molar-refractivity contribution in [1.29, 1.82) is 0 Å². The molecule has 0 spiro atoms. The maximum Gasteiger partial charge on any atom is 0.116 e. The summed E-state index contributed by atoms with van der Waals surface area (Å²) < 4.78 is 0. The van der Waals surface area contributed by atoms with Gasteiger partial charge in [0, 0.05) is 5.56 Å². The highest BCUT2D eigenvalue weighted by Crippen LogP contribution is 2.26. The fourth-order valence-corrected chi connectivity index (χ4v) is 1.64. The Balaban J connectivity index is 2.53. The summed E-state index contributed by atoms with van der Waals surface area (Å²) in [5.41, 5.74) is 3.42. The summed E-state index contributed by atoms with van der Waals surface area (Å²) >= 11 is 0. The van der Waals surface area contributed by atoms with Crippen LogP contribution >= 0.6 is 0 Å². The fourth-order valence-electron chi connectivity index (χ4n) is 1.64. The molecule has 1 heterocycles. The Labute approximate surface area is 90.0 Å². The first kappa shape index (κ1) is 9.84. The molecule has 0 fully saturated rings. The van der Waals surface area contributed by atoms with Gasteiger partial charge in [-0.1, -0.05) is 38.1 Å². The van der Waals surface area contributed by atoms with Crippen LogP contribution in [0, 0.1) is 6.20 Å². The Morgan fingerprint density at radius 3 is 2.67 bits per heavy atom. The molecule has 15 heavy (non-hydrogen) atoms. The van der Waals surface area contributed by atoms with Crippen LogP contribution in [0.15, 0.2) is 36.7 Å². The van der Waals surface area contributed by atoms with E-state index in [2.05, 4.69) is 48.2 Å². The lowest BCUT2D eigenvalue weighted by atomic mass is 9.95. The Morgan fingerprint density at radius 2 is 2.00 bits per heavy atom. The lowest BCUT2D eigenvalue weighted by Gasteiger charge is -2.11. The van der Waals surface area contributed by atoms with Gasteiger partial charge in [0.15, 0.2) is 0 Å². The predicted octanol–water partition coefficient (Wildman–Crippen LogP) is 3.07. The van der Waals surface area contributed by atoms with Crippen molar-refractivity contribution in [3.05, 3.63) is 48.4 Å². The molecule has 0 unspecified atom stereocenters. The number of aromatic nitrogens is 2. The first-order chi connectivity index (χ1) is 7.29. The Morgan fingerprint density at radius 1 is 1.20 bits per heavy atom. The van der Waals surface area contributed by atoms with Gasteiger partial charge in [-0.25, -0.2) is 9.97 Å². The molecule has 2 heteroatoms. The molecule has 2 aromatic rings. The van der Waals surface area contributed by atoms with Gasteiger partial charge in [0.2, 0.25) is 0 Å². The second-order valence-corrected chi connectivity index (χ2v) is 3.77. The molecule has 0 bridgehead atoms. The number of nitrogens with zero attached hydrogens (tertiary/aromatic N) is 2. The molecule has 0 atom stereocenters. The topological polar surface area (TPSA) is 25.8 Å². The highest BCUT2D eigenvalue weighted by atomic mass is 14.8. The second kappa shape index (κ2) is 4.22. The van der Waals surface area contributed by atoms with Crippen molar-refractivity contribution in [2.24, 2.45) is 0 Å². The largest absolute Gasteiger partial charge is 0.236 e. The maximum absolute atomic E-state index is 4.25. The van der Waals surface area contributed by atoms with E-state index in [0.717, 1.165) is 5.69 Å². The monoisotopic (exact) mass is 197 g/mol. The summed E-state index contributed by atoms with van der Waals surface area (Å²) in [6.07, 6.45) is 4.35. The van der Waals surface area contributed by atoms with E-state index in [9.17, 15) is 0 Å². The first-order valence-corrected chi connectivity index (χ1v) is 5.06. The minimum Gasteiger partial charge on any atom is -0.236 e. The fraction of sp³-hybridized carbons (Fsp3) is 0.231. The van der Waals surface area contributed by atoms with Gasteiger partial charge in [-0.15, -0.1) is 0 Å². The maximum atomic E-state index is 4.25. The summed E-state index contributed by atoms with van der Waals surface area (Å²) in [6.45, 7) is 4.37. The molecular formula is C13H13N2. The van der Waals surface area contributed by atoms with E-state index in [4.69, 9.17) is 0 Å². The normalized spacial score (nSPS) is 10.6. The minimum atomic E-state index is 0.496. The van der Waals surface area contributed by atoms with Gasteiger partial charge in [-0.3, -0.25) is 0 Å². The van der Waals surface area contributed by atoms with Gasteiger partial charge in [0.25, 0.3) is 0 Å². The van der Waals surface area contributed by atoms with Crippen molar-refractivity contribution >= 4 is 0 Å². The zero-order valence-electron chi connectivity index (χ0n) is 8.94. The van der Waals surface area contributed by atoms with E-state index < -0.39 is 0 Å². The molecule has 0 saturated carbocycles. The van der Waals surface area contributed by atoms with Crippen LogP contribution in [-0.4, -0.2) is 9.97 Å². The Kier molecular flexibility index (Phi) is 2.77. The SMILES string of the molecule is CC(C)c1ccccc1-c1c[c]ncn1. The third-order valence-corrected chi connectivity index (χ3v) is 2.39. The van der Waals surface area contributed by atoms with Crippen molar-refractivity contribution in [2.45, 2.75) is 19.8 Å². The minimum absolute atomic E-state index is 0.496. The number of hydrogen-bond donors (Lipinski definition) is 0. The molecule has 1 aromatic carbocycles. The van der Waals surface area contributed by atoms with Crippen LogP contribution in [0.5, 0.6) is 0 Å². The van der Waals surface area contributed by atoms with E-state index in [0.29, 0.717) is 5.92 Å². The lowest BCUT2D eigenvalue weighted by molar-refractivity contribution is 0.867. The lowest BCUT2D eigenvalue weighted by Crippen LogP contribution is -1.93. The van der Waals surface area contributed by atoms with Crippen molar-refractivity contribution in [3.63, 3.8) is 0 Å². The van der Waals surface area contributed by atoms with E-state index in [1.807, 2.05) is 12.1 Å². The summed E-state index contributed by atoms with van der Waals surface area (Å²) in [7, 11) is 0. The van der Waals surface area contributed by atoms with E-state index in [1.165, 1.54) is 17.5 Å². The first-order valence-electron chi connectivity index (χ1n) is 5.06. The summed E-state index contributed by atoms with van der Waals surface area (Å²) in [5, 5.41) is 0. The van der Waals surface area contributed by atoms with E-state index in [1.54, 1.807) is 0 Å². The third kappa shape index (κ3) is 2.04. The molecule has 2 rings (SSSR count). The predicted molar refractivity (Wildman–Crippen MR) is 60.4 cm³/mol. The summed E-state index contributed by atoms with van der Waals surface area (Å²) in [6, 6.07) is 10.1. The Hall–Kier alpha value is -1.70.